The number of alkyl halides is 2. The minimum Gasteiger partial charge on any atom is -0.493 e. The van der Waals surface area contributed by atoms with Crippen LogP contribution in [0.15, 0.2) is 12.1 Å². The first-order valence-electron chi connectivity index (χ1n) is 5.68. The third-order valence-corrected chi connectivity index (χ3v) is 2.67. The second-order valence-corrected chi connectivity index (χ2v) is 4.09. The van der Waals surface area contributed by atoms with Crippen molar-refractivity contribution in [1.82, 2.24) is 0 Å². The zero-order chi connectivity index (χ0) is 13.8. The molecule has 18 heavy (non-hydrogen) atoms. The van der Waals surface area contributed by atoms with Crippen molar-refractivity contribution in [3.63, 3.8) is 0 Å². The molecule has 0 fully saturated rings. The van der Waals surface area contributed by atoms with E-state index in [1.807, 2.05) is 0 Å². The molecular formula is C13H18F2O3. The van der Waals surface area contributed by atoms with Gasteiger partial charge < -0.3 is 14.6 Å². The Labute approximate surface area is 105 Å². The normalized spacial score (nSPS) is 11.4. The summed E-state index contributed by atoms with van der Waals surface area (Å²) in [7, 11) is 2.87. The third kappa shape index (κ3) is 3.32. The van der Waals surface area contributed by atoms with Crippen LogP contribution in [0.5, 0.6) is 11.5 Å². The van der Waals surface area contributed by atoms with Crippen LogP contribution in [-0.2, 0) is 12.3 Å². The molecule has 0 saturated heterocycles. The highest BCUT2D eigenvalue weighted by Crippen LogP contribution is 2.38. The van der Waals surface area contributed by atoms with Crippen LogP contribution in [0.4, 0.5) is 8.78 Å². The number of rotatable bonds is 6. The molecule has 5 heteroatoms. The second kappa shape index (κ2) is 6.00. The van der Waals surface area contributed by atoms with E-state index in [4.69, 9.17) is 14.6 Å². The topological polar surface area (TPSA) is 38.7 Å². The standard InChI is InChI=1S/C13H18F2O3/c1-13(14,15)10-7-9(5-4-6-16)12(18-3)11(8-10)17-2/h7-8,16H,4-6H2,1-3H3. The number of benzene rings is 1. The molecule has 0 amide bonds. The Hall–Kier alpha value is -1.36. The summed E-state index contributed by atoms with van der Waals surface area (Å²) in [5.41, 5.74) is 0.496. The first-order chi connectivity index (χ1) is 8.43. The molecule has 0 unspecified atom stereocenters. The molecule has 0 aliphatic heterocycles. The summed E-state index contributed by atoms with van der Waals surface area (Å²) in [4.78, 5) is 0. The van der Waals surface area contributed by atoms with Crippen LogP contribution in [0.3, 0.4) is 0 Å². The fraction of sp³-hybridized carbons (Fsp3) is 0.538. The zero-order valence-corrected chi connectivity index (χ0v) is 10.8. The molecule has 1 rings (SSSR count). The van der Waals surface area contributed by atoms with Gasteiger partial charge in [0.05, 0.1) is 14.2 Å². The average molecular weight is 260 g/mol. The Balaban J connectivity index is 3.26. The number of aryl methyl sites for hydroxylation is 1. The SMILES string of the molecule is COc1cc(C(C)(F)F)cc(CCCO)c1OC. The fourth-order valence-electron chi connectivity index (χ4n) is 1.75. The van der Waals surface area contributed by atoms with E-state index in [1.54, 1.807) is 0 Å². The molecule has 0 saturated carbocycles. The number of hydrogen-bond acceptors (Lipinski definition) is 3. The minimum atomic E-state index is -2.94. The van der Waals surface area contributed by atoms with Crippen molar-refractivity contribution in [3.05, 3.63) is 23.3 Å². The first kappa shape index (κ1) is 14.7. The summed E-state index contributed by atoms with van der Waals surface area (Å²) in [6, 6.07) is 2.68. The fourth-order valence-corrected chi connectivity index (χ4v) is 1.75. The number of ether oxygens (including phenoxy) is 2. The number of aliphatic hydroxyl groups is 1. The van der Waals surface area contributed by atoms with Gasteiger partial charge in [0.1, 0.15) is 0 Å². The van der Waals surface area contributed by atoms with E-state index in [0.717, 1.165) is 6.92 Å². The van der Waals surface area contributed by atoms with Crippen molar-refractivity contribution in [2.45, 2.75) is 25.7 Å². The Morgan fingerprint density at radius 3 is 2.33 bits per heavy atom. The maximum atomic E-state index is 13.4. The largest absolute Gasteiger partial charge is 0.493 e. The van der Waals surface area contributed by atoms with Gasteiger partial charge in [0.2, 0.25) is 0 Å². The highest BCUT2D eigenvalue weighted by Gasteiger charge is 2.27. The van der Waals surface area contributed by atoms with Gasteiger partial charge in [-0.05, 0) is 30.5 Å². The lowest BCUT2D eigenvalue weighted by atomic mass is 10.0. The Kier molecular flexibility index (Phi) is 4.90. The van der Waals surface area contributed by atoms with Gasteiger partial charge in [0.15, 0.2) is 11.5 Å². The van der Waals surface area contributed by atoms with Gasteiger partial charge in [0, 0.05) is 19.1 Å². The van der Waals surface area contributed by atoms with E-state index in [9.17, 15) is 8.78 Å². The Bertz CT molecular complexity index is 400. The van der Waals surface area contributed by atoms with E-state index in [1.165, 1.54) is 26.4 Å². The maximum Gasteiger partial charge on any atom is 0.270 e. The van der Waals surface area contributed by atoms with Crippen molar-refractivity contribution in [3.8, 4) is 11.5 Å². The summed E-state index contributed by atoms with van der Waals surface area (Å²) in [6.45, 7) is 0.836. The number of halogens is 2. The first-order valence-corrected chi connectivity index (χ1v) is 5.68. The van der Waals surface area contributed by atoms with Gasteiger partial charge in [-0.1, -0.05) is 0 Å². The quantitative estimate of drug-likeness (QED) is 0.854. The van der Waals surface area contributed by atoms with E-state index in [2.05, 4.69) is 0 Å². The Morgan fingerprint density at radius 2 is 1.89 bits per heavy atom. The molecule has 3 nitrogen and oxygen atoms in total. The van der Waals surface area contributed by atoms with Crippen LogP contribution in [0.2, 0.25) is 0 Å². The lowest BCUT2D eigenvalue weighted by molar-refractivity contribution is 0.0171. The molecule has 0 aromatic heterocycles. The molecule has 1 aromatic rings. The second-order valence-electron chi connectivity index (χ2n) is 4.09. The molecule has 102 valence electrons. The summed E-state index contributed by atoms with van der Waals surface area (Å²) in [5, 5.41) is 8.83. The zero-order valence-electron chi connectivity index (χ0n) is 10.8. The molecular weight excluding hydrogens is 242 g/mol. The minimum absolute atomic E-state index is 0.00177. The molecule has 1 N–H and O–H groups in total. The van der Waals surface area contributed by atoms with Crippen molar-refractivity contribution < 1.29 is 23.4 Å². The molecule has 0 aliphatic rings. The third-order valence-electron chi connectivity index (χ3n) is 2.67. The molecule has 0 aliphatic carbocycles. The van der Waals surface area contributed by atoms with Crippen molar-refractivity contribution in [2.75, 3.05) is 20.8 Å². The van der Waals surface area contributed by atoms with Crippen LogP contribution in [0, 0.1) is 0 Å². The van der Waals surface area contributed by atoms with Crippen LogP contribution in [0.25, 0.3) is 0 Å². The molecule has 1 aromatic carbocycles. The summed E-state index contributed by atoms with van der Waals surface area (Å²) < 4.78 is 37.0. The number of methoxy groups -OCH3 is 2. The van der Waals surface area contributed by atoms with Gasteiger partial charge in [-0.3, -0.25) is 0 Å². The lowest BCUT2D eigenvalue weighted by Crippen LogP contribution is -2.09. The van der Waals surface area contributed by atoms with Gasteiger partial charge in [-0.2, -0.15) is 0 Å². The Morgan fingerprint density at radius 1 is 1.22 bits per heavy atom. The lowest BCUT2D eigenvalue weighted by Gasteiger charge is -2.18. The van der Waals surface area contributed by atoms with Crippen LogP contribution >= 0.6 is 0 Å². The van der Waals surface area contributed by atoms with E-state index >= 15 is 0 Å². The molecule has 0 spiro atoms. The molecule has 0 atom stereocenters. The molecule has 0 bridgehead atoms. The summed E-state index contributed by atoms with van der Waals surface area (Å²) in [6.07, 6.45) is 0.943. The average Bonchev–Trinajstić information content (AvgIpc) is 2.33. The molecule has 0 radical (unpaired) electrons. The monoisotopic (exact) mass is 260 g/mol. The van der Waals surface area contributed by atoms with Crippen LogP contribution in [-0.4, -0.2) is 25.9 Å². The maximum absolute atomic E-state index is 13.4. The van der Waals surface area contributed by atoms with Crippen LogP contribution in [0.1, 0.15) is 24.5 Å². The van der Waals surface area contributed by atoms with Crippen molar-refractivity contribution >= 4 is 0 Å². The highest BCUT2D eigenvalue weighted by atomic mass is 19.3. The van der Waals surface area contributed by atoms with Gasteiger partial charge in [-0.15, -0.1) is 0 Å². The highest BCUT2D eigenvalue weighted by molar-refractivity contribution is 5.50. The predicted octanol–water partition coefficient (Wildman–Crippen LogP) is 2.74. The van der Waals surface area contributed by atoms with Gasteiger partial charge in [-0.25, -0.2) is 8.78 Å². The number of hydrogen-bond donors (Lipinski definition) is 1. The van der Waals surface area contributed by atoms with E-state index in [0.29, 0.717) is 24.2 Å². The van der Waals surface area contributed by atoms with E-state index < -0.39 is 5.92 Å². The van der Waals surface area contributed by atoms with Gasteiger partial charge in [0.25, 0.3) is 5.92 Å². The summed E-state index contributed by atoms with van der Waals surface area (Å²) >= 11 is 0. The molecule has 0 heterocycles. The van der Waals surface area contributed by atoms with Crippen molar-refractivity contribution in [2.24, 2.45) is 0 Å². The smallest absolute Gasteiger partial charge is 0.270 e. The summed E-state index contributed by atoms with van der Waals surface area (Å²) in [5.74, 6) is -2.21. The number of aliphatic hydroxyl groups excluding tert-OH is 1. The van der Waals surface area contributed by atoms with E-state index in [-0.39, 0.29) is 17.9 Å². The van der Waals surface area contributed by atoms with Crippen molar-refractivity contribution in [1.29, 1.82) is 0 Å². The predicted molar refractivity (Wildman–Crippen MR) is 64.5 cm³/mol. The van der Waals surface area contributed by atoms with Crippen LogP contribution < -0.4 is 9.47 Å². The van der Waals surface area contributed by atoms with Gasteiger partial charge >= 0.3 is 0 Å².